The molecule has 1 saturated heterocycles. The second-order valence-corrected chi connectivity index (χ2v) is 8.74. The number of nitrogens with zero attached hydrogens (tertiary/aromatic N) is 6. The van der Waals surface area contributed by atoms with Crippen molar-refractivity contribution in [3.05, 3.63) is 17.3 Å². The van der Waals surface area contributed by atoms with Crippen LogP contribution in [0.3, 0.4) is 0 Å². The van der Waals surface area contributed by atoms with Crippen LogP contribution in [0.1, 0.15) is 6.92 Å². The van der Waals surface area contributed by atoms with Crippen LogP contribution in [0, 0.1) is 0 Å². The number of esters is 1. The topological polar surface area (TPSA) is 109 Å². The summed E-state index contributed by atoms with van der Waals surface area (Å²) in [7, 11) is 1.53. The van der Waals surface area contributed by atoms with E-state index in [-0.39, 0.29) is 27.3 Å². The van der Waals surface area contributed by atoms with Crippen molar-refractivity contribution >= 4 is 40.4 Å². The molecule has 10 nitrogen and oxygen atoms in total. The summed E-state index contributed by atoms with van der Waals surface area (Å²) in [6.45, 7) is 4.68. The second-order valence-electron chi connectivity index (χ2n) is 6.41. The molecular formula is C17H17BClIN7O3-. The van der Waals surface area contributed by atoms with Gasteiger partial charge in [0.25, 0.3) is 0 Å². The number of rotatable bonds is 5. The van der Waals surface area contributed by atoms with Crippen LogP contribution in [0.2, 0.25) is 5.02 Å². The van der Waals surface area contributed by atoms with Gasteiger partial charge in [-0.15, -0.1) is 0 Å². The van der Waals surface area contributed by atoms with Gasteiger partial charge in [0.05, 0.1) is 0 Å². The normalized spacial score (nSPS) is 15.0. The van der Waals surface area contributed by atoms with Gasteiger partial charge in [0.15, 0.2) is 0 Å². The average Bonchev–Trinajstić information content (AvgIpc) is 3.13. The first kappa shape index (κ1) is 21.1. The number of methoxy groups -OCH3 is 1. The van der Waals surface area contributed by atoms with E-state index in [1.165, 1.54) is 14.0 Å². The number of hydrogen-bond donors (Lipinski definition) is 1. The monoisotopic (exact) mass is 540 g/mol. The van der Waals surface area contributed by atoms with Crippen molar-refractivity contribution < 1.29 is 35.5 Å². The molecule has 2 radical (unpaired) electrons. The van der Waals surface area contributed by atoms with Crippen molar-refractivity contribution in [3.8, 4) is 23.1 Å². The average molecular weight is 541 g/mol. The zero-order valence-electron chi connectivity index (χ0n) is 16.2. The predicted molar refractivity (Wildman–Crippen MR) is 107 cm³/mol. The molecule has 0 bridgehead atoms. The molecule has 0 saturated carbocycles. The van der Waals surface area contributed by atoms with Crippen molar-refractivity contribution in [3.63, 3.8) is 0 Å². The molecule has 4 rings (SSSR count). The molecule has 1 fully saturated rings. The van der Waals surface area contributed by atoms with Gasteiger partial charge in [-0.05, 0) is 0 Å². The number of nitrogens with one attached hydrogen (secondary N) is 1. The fourth-order valence-electron chi connectivity index (χ4n) is 3.08. The van der Waals surface area contributed by atoms with Crippen molar-refractivity contribution in [1.29, 1.82) is 0 Å². The van der Waals surface area contributed by atoms with Gasteiger partial charge in [0.1, 0.15) is 0 Å². The summed E-state index contributed by atoms with van der Waals surface area (Å²) in [5.74, 6) is 0.456. The standard InChI is InChI=1S/C17H17BClIN7O3/c1-9(28)30-17-22-12-7-11(19)13(23-14(12)24-17)10-8-21-16(25-15(10)29-2)26-3-5-27(20-18)6-4-26/h7-8H,3-6H2,1-2H3,(H,22,23,24)/q-1. The molecule has 1 N–H and O–H groups in total. The number of fused-ring (bicyclic) bond motifs is 1. The summed E-state index contributed by atoms with van der Waals surface area (Å²) in [4.78, 5) is 33.8. The molecule has 13 heteroatoms. The first-order valence-corrected chi connectivity index (χ1v) is 11.6. The Morgan fingerprint density at radius 3 is 2.70 bits per heavy atom. The molecule has 0 amide bonds. The number of hydrogen-bond acceptors (Lipinski definition) is 9. The Hall–Kier alpha value is -2.19. The summed E-state index contributed by atoms with van der Waals surface area (Å²) in [6.07, 6.45) is 1.64. The van der Waals surface area contributed by atoms with Gasteiger partial charge in [-0.1, -0.05) is 0 Å². The third-order valence-corrected chi connectivity index (χ3v) is 6.52. The van der Waals surface area contributed by atoms with Crippen LogP contribution >= 0.6 is 11.6 Å². The maximum atomic E-state index is 11.2. The van der Waals surface area contributed by atoms with E-state index >= 15 is 0 Å². The minimum atomic E-state index is -0.486. The quantitative estimate of drug-likeness (QED) is 0.174. The maximum absolute atomic E-state index is 11.2. The zero-order valence-corrected chi connectivity index (χ0v) is 19.1. The number of halogens is 2. The number of ether oxygens (including phenoxy) is 2. The number of carbonyl (C=O) groups is 1. The van der Waals surface area contributed by atoms with E-state index in [0.717, 1.165) is 26.2 Å². The third kappa shape index (κ3) is 4.30. The molecule has 30 heavy (non-hydrogen) atoms. The molecule has 156 valence electrons. The van der Waals surface area contributed by atoms with Crippen LogP contribution in [0.15, 0.2) is 12.3 Å². The van der Waals surface area contributed by atoms with Crippen molar-refractivity contribution in [2.75, 3.05) is 38.2 Å². The van der Waals surface area contributed by atoms with Crippen LogP contribution < -0.4 is 35.6 Å². The van der Waals surface area contributed by atoms with E-state index in [9.17, 15) is 4.79 Å². The number of imidazole rings is 1. The van der Waals surface area contributed by atoms with Gasteiger partial charge in [-0.3, -0.25) is 4.79 Å². The van der Waals surface area contributed by atoms with E-state index in [2.05, 4.69) is 32.9 Å². The fraction of sp³-hybridized carbons (Fsp3) is 0.353. The molecule has 0 spiro atoms. The second kappa shape index (κ2) is 8.90. The number of pyridine rings is 1. The van der Waals surface area contributed by atoms with Gasteiger partial charge in [0.2, 0.25) is 0 Å². The molecule has 4 heterocycles. The Kier molecular flexibility index (Phi) is 6.25. The fourth-order valence-corrected chi connectivity index (χ4v) is 4.32. The van der Waals surface area contributed by atoms with Crippen LogP contribution in [-0.2, 0) is 4.79 Å². The molecule has 0 unspecified atom stereocenters. The molecule has 3 aromatic heterocycles. The van der Waals surface area contributed by atoms with Gasteiger partial charge in [-0.25, -0.2) is 0 Å². The van der Waals surface area contributed by atoms with Crippen molar-refractivity contribution in [2.24, 2.45) is 0 Å². The van der Waals surface area contributed by atoms with Crippen LogP contribution in [0.5, 0.6) is 11.9 Å². The Morgan fingerprint density at radius 1 is 1.27 bits per heavy atom. The third-order valence-electron chi connectivity index (χ3n) is 4.48. The van der Waals surface area contributed by atoms with E-state index in [1.807, 2.05) is 0 Å². The molecule has 0 aromatic carbocycles. The van der Waals surface area contributed by atoms with Crippen molar-refractivity contribution in [2.45, 2.75) is 6.92 Å². The predicted octanol–water partition coefficient (Wildman–Crippen LogP) is -1.79. The molecule has 3 aromatic rings. The van der Waals surface area contributed by atoms with Crippen LogP contribution in [0.25, 0.3) is 22.4 Å². The van der Waals surface area contributed by atoms with E-state index in [4.69, 9.17) is 26.8 Å². The Morgan fingerprint density at radius 2 is 2.03 bits per heavy atom. The Labute approximate surface area is 189 Å². The minimum absolute atomic E-state index is 0.0517. The number of aromatic nitrogens is 5. The zero-order chi connectivity index (χ0) is 21.3. The molecule has 0 aliphatic carbocycles. The summed E-state index contributed by atoms with van der Waals surface area (Å²) in [5.41, 5.74) is 7.66. The van der Waals surface area contributed by atoms with Crippen LogP contribution in [-0.4, -0.2) is 73.0 Å². The number of carbonyl (C=O) groups excluding carboxylic acids is 1. The molecule has 0 atom stereocenters. The first-order chi connectivity index (χ1) is 14.5. The summed E-state index contributed by atoms with van der Waals surface area (Å²) >= 11 is 6.06. The Bertz CT molecular complexity index is 1090. The number of aromatic amines is 1. The number of H-pyrrole nitrogens is 1. The van der Waals surface area contributed by atoms with Gasteiger partial charge >= 0.3 is 168 Å². The van der Waals surface area contributed by atoms with Crippen LogP contribution in [0.4, 0.5) is 5.95 Å². The number of anilines is 1. The molecular weight excluding hydrogens is 523 g/mol. The van der Waals surface area contributed by atoms with Gasteiger partial charge in [0, 0.05) is 6.92 Å². The molecule has 1 aliphatic rings. The molecule has 1 aliphatic heterocycles. The number of piperazine rings is 1. The van der Waals surface area contributed by atoms with E-state index in [0.29, 0.717) is 39.3 Å². The Balaban J connectivity index is 1.67. The van der Waals surface area contributed by atoms with E-state index in [1.54, 1.807) is 12.3 Å². The summed E-state index contributed by atoms with van der Waals surface area (Å²) < 4.78 is 12.7. The van der Waals surface area contributed by atoms with Gasteiger partial charge < -0.3 is 9.72 Å². The summed E-state index contributed by atoms with van der Waals surface area (Å²) in [5, 5.41) is 0.357. The SMILES string of the molecule is [B][I-]N1CCN(c2ncc(-c3nc4nc(OC(C)=O)[nH]c4cc3Cl)c(OC)n2)CC1. The van der Waals surface area contributed by atoms with Crippen molar-refractivity contribution in [1.82, 2.24) is 28.0 Å². The summed E-state index contributed by atoms with van der Waals surface area (Å²) in [6, 6.07) is 1.71. The van der Waals surface area contributed by atoms with Gasteiger partial charge in [-0.2, -0.15) is 0 Å². The van der Waals surface area contributed by atoms with E-state index < -0.39 is 5.97 Å². The first-order valence-electron chi connectivity index (χ1n) is 8.98.